The molecule has 0 radical (unpaired) electrons. The van der Waals surface area contributed by atoms with Gasteiger partial charge in [-0.15, -0.1) is 0 Å². The van der Waals surface area contributed by atoms with E-state index >= 15 is 0 Å². The molecule has 4 nitrogen and oxygen atoms in total. The van der Waals surface area contributed by atoms with E-state index in [9.17, 15) is 0 Å². The number of aryl methyl sites for hydroxylation is 3. The number of rotatable bonds is 2. The fourth-order valence-electron chi connectivity index (χ4n) is 1.54. The molecule has 0 aliphatic heterocycles. The van der Waals surface area contributed by atoms with Crippen LogP contribution in [0.2, 0.25) is 0 Å². The molecule has 0 amide bonds. The van der Waals surface area contributed by atoms with Crippen molar-refractivity contribution in [2.45, 2.75) is 23.9 Å². The summed E-state index contributed by atoms with van der Waals surface area (Å²) in [6, 6.07) is 7.71. The average Bonchev–Trinajstić information content (AvgIpc) is 2.56. The molecule has 0 aliphatic rings. The van der Waals surface area contributed by atoms with Crippen molar-refractivity contribution in [3.63, 3.8) is 0 Å². The standard InChI is InChI=1S/C12H12N4S/c1-8-4-10(7-13)6-11(14-8)17-12-5-9(2)15-16(12)3/h4-6H,1-3H3. The molecule has 17 heavy (non-hydrogen) atoms. The van der Waals surface area contributed by atoms with Gasteiger partial charge in [0.15, 0.2) is 0 Å². The molecule has 2 rings (SSSR count). The summed E-state index contributed by atoms with van der Waals surface area (Å²) >= 11 is 1.52. The maximum absolute atomic E-state index is 8.91. The molecule has 0 spiro atoms. The second kappa shape index (κ2) is 4.60. The minimum Gasteiger partial charge on any atom is -0.261 e. The Bertz CT molecular complexity index is 595. The first-order valence-electron chi connectivity index (χ1n) is 5.16. The monoisotopic (exact) mass is 244 g/mol. The van der Waals surface area contributed by atoms with Gasteiger partial charge in [0.2, 0.25) is 0 Å². The van der Waals surface area contributed by atoms with Crippen LogP contribution in [0.15, 0.2) is 28.3 Å². The maximum atomic E-state index is 8.91. The Morgan fingerprint density at radius 2 is 2.00 bits per heavy atom. The van der Waals surface area contributed by atoms with Crippen molar-refractivity contribution in [3.05, 3.63) is 35.2 Å². The van der Waals surface area contributed by atoms with Crippen molar-refractivity contribution in [2.24, 2.45) is 7.05 Å². The summed E-state index contributed by atoms with van der Waals surface area (Å²) in [5, 5.41) is 15.0. The highest BCUT2D eigenvalue weighted by atomic mass is 32.2. The van der Waals surface area contributed by atoms with Crippen LogP contribution in [0.4, 0.5) is 0 Å². The molecule has 0 bridgehead atoms. The first-order chi connectivity index (χ1) is 8.08. The molecule has 0 N–H and O–H groups in total. The second-order valence-corrected chi connectivity index (χ2v) is 4.84. The molecule has 0 atom stereocenters. The molecule has 86 valence electrons. The highest BCUT2D eigenvalue weighted by molar-refractivity contribution is 7.99. The van der Waals surface area contributed by atoms with Gasteiger partial charge >= 0.3 is 0 Å². The van der Waals surface area contributed by atoms with E-state index in [0.29, 0.717) is 5.56 Å². The molecule has 0 saturated carbocycles. The predicted molar refractivity (Wildman–Crippen MR) is 65.8 cm³/mol. The lowest BCUT2D eigenvalue weighted by atomic mass is 10.2. The topological polar surface area (TPSA) is 54.5 Å². The fraction of sp³-hybridized carbons (Fsp3) is 0.250. The average molecular weight is 244 g/mol. The highest BCUT2D eigenvalue weighted by Crippen LogP contribution is 2.27. The molecule has 0 saturated heterocycles. The van der Waals surface area contributed by atoms with Crippen LogP contribution in [0, 0.1) is 25.2 Å². The molecule has 0 fully saturated rings. The Balaban J connectivity index is 2.33. The zero-order valence-corrected chi connectivity index (χ0v) is 10.7. The second-order valence-electron chi connectivity index (χ2n) is 3.80. The number of hydrogen-bond donors (Lipinski definition) is 0. The SMILES string of the molecule is Cc1cc(C#N)cc(Sc2cc(C)nn2C)n1. The third-order valence-electron chi connectivity index (χ3n) is 2.23. The van der Waals surface area contributed by atoms with Gasteiger partial charge in [0.25, 0.3) is 0 Å². The zero-order chi connectivity index (χ0) is 12.4. The lowest BCUT2D eigenvalue weighted by Gasteiger charge is -2.02. The molecule has 2 aromatic heterocycles. The summed E-state index contributed by atoms with van der Waals surface area (Å²) < 4.78 is 1.82. The van der Waals surface area contributed by atoms with Gasteiger partial charge in [0.05, 0.1) is 17.3 Å². The minimum absolute atomic E-state index is 0.638. The van der Waals surface area contributed by atoms with E-state index < -0.39 is 0 Å². The minimum atomic E-state index is 0.638. The Morgan fingerprint density at radius 3 is 2.59 bits per heavy atom. The van der Waals surface area contributed by atoms with Crippen molar-refractivity contribution in [3.8, 4) is 6.07 Å². The largest absolute Gasteiger partial charge is 0.261 e. The highest BCUT2D eigenvalue weighted by Gasteiger charge is 2.07. The maximum Gasteiger partial charge on any atom is 0.104 e. The summed E-state index contributed by atoms with van der Waals surface area (Å²) in [6.45, 7) is 3.84. The summed E-state index contributed by atoms with van der Waals surface area (Å²) in [7, 11) is 1.90. The smallest absolute Gasteiger partial charge is 0.104 e. The molecular formula is C12H12N4S. The third-order valence-corrected chi connectivity index (χ3v) is 3.24. The van der Waals surface area contributed by atoms with Gasteiger partial charge < -0.3 is 0 Å². The van der Waals surface area contributed by atoms with Gasteiger partial charge in [-0.3, -0.25) is 4.68 Å². The number of nitrogens with zero attached hydrogens (tertiary/aromatic N) is 4. The molecule has 0 aliphatic carbocycles. The van der Waals surface area contributed by atoms with Crippen LogP contribution in [0.3, 0.4) is 0 Å². The summed E-state index contributed by atoms with van der Waals surface area (Å²) in [5.41, 5.74) is 2.47. The van der Waals surface area contributed by atoms with Gasteiger partial charge in [-0.1, -0.05) is 11.8 Å². The normalized spacial score (nSPS) is 10.2. The van der Waals surface area contributed by atoms with Crippen molar-refractivity contribution in [2.75, 3.05) is 0 Å². The van der Waals surface area contributed by atoms with Crippen LogP contribution in [0.1, 0.15) is 17.0 Å². The van der Waals surface area contributed by atoms with E-state index in [1.165, 1.54) is 11.8 Å². The van der Waals surface area contributed by atoms with Crippen LogP contribution in [-0.2, 0) is 7.05 Å². The van der Waals surface area contributed by atoms with Crippen LogP contribution in [0.25, 0.3) is 0 Å². The summed E-state index contributed by atoms with van der Waals surface area (Å²) in [5.74, 6) is 0. The Morgan fingerprint density at radius 1 is 1.24 bits per heavy atom. The first-order valence-corrected chi connectivity index (χ1v) is 5.97. The molecule has 5 heteroatoms. The quantitative estimate of drug-likeness (QED) is 0.814. The Labute approximate surface area is 104 Å². The van der Waals surface area contributed by atoms with Crippen molar-refractivity contribution in [1.29, 1.82) is 5.26 Å². The van der Waals surface area contributed by atoms with Crippen LogP contribution < -0.4 is 0 Å². The van der Waals surface area contributed by atoms with E-state index in [2.05, 4.69) is 16.2 Å². The fourth-order valence-corrected chi connectivity index (χ4v) is 2.54. The van der Waals surface area contributed by atoms with Gasteiger partial charge in [-0.25, -0.2) is 4.98 Å². The van der Waals surface area contributed by atoms with Crippen LogP contribution in [0.5, 0.6) is 0 Å². The number of pyridine rings is 1. The van der Waals surface area contributed by atoms with Gasteiger partial charge in [0.1, 0.15) is 10.1 Å². The van der Waals surface area contributed by atoms with Crippen molar-refractivity contribution in [1.82, 2.24) is 14.8 Å². The van der Waals surface area contributed by atoms with E-state index in [0.717, 1.165) is 21.4 Å². The molecule has 0 aromatic carbocycles. The lowest BCUT2D eigenvalue weighted by Crippen LogP contribution is -1.93. The first kappa shape index (κ1) is 11.7. The lowest BCUT2D eigenvalue weighted by molar-refractivity contribution is 0.692. The van der Waals surface area contributed by atoms with Gasteiger partial charge in [-0.2, -0.15) is 10.4 Å². The van der Waals surface area contributed by atoms with E-state index in [1.807, 2.05) is 31.6 Å². The van der Waals surface area contributed by atoms with Crippen molar-refractivity contribution < 1.29 is 0 Å². The third kappa shape index (κ3) is 2.66. The van der Waals surface area contributed by atoms with Gasteiger partial charge in [0, 0.05) is 12.7 Å². The van der Waals surface area contributed by atoms with Crippen molar-refractivity contribution >= 4 is 11.8 Å². The summed E-state index contributed by atoms with van der Waals surface area (Å²) in [4.78, 5) is 4.40. The molecule has 2 aromatic rings. The molecule has 2 heterocycles. The number of aromatic nitrogens is 3. The van der Waals surface area contributed by atoms with E-state index in [1.54, 1.807) is 12.1 Å². The van der Waals surface area contributed by atoms with E-state index in [-0.39, 0.29) is 0 Å². The zero-order valence-electron chi connectivity index (χ0n) is 9.93. The molecular weight excluding hydrogens is 232 g/mol. The molecule has 0 unspecified atom stereocenters. The summed E-state index contributed by atoms with van der Waals surface area (Å²) in [6.07, 6.45) is 0. The van der Waals surface area contributed by atoms with Gasteiger partial charge in [-0.05, 0) is 32.0 Å². The number of nitriles is 1. The van der Waals surface area contributed by atoms with Crippen LogP contribution in [-0.4, -0.2) is 14.8 Å². The van der Waals surface area contributed by atoms with Crippen LogP contribution >= 0.6 is 11.8 Å². The Hall–Kier alpha value is -1.80. The Kier molecular flexibility index (Phi) is 3.16. The number of hydrogen-bond acceptors (Lipinski definition) is 4. The predicted octanol–water partition coefficient (Wildman–Crippen LogP) is 2.45. The van der Waals surface area contributed by atoms with E-state index in [4.69, 9.17) is 5.26 Å².